The smallest absolute Gasteiger partial charge is 0.326 e. The fourth-order valence-electron chi connectivity index (χ4n) is 2.52. The minimum atomic E-state index is -0.165. The number of halogens is 1. The van der Waals surface area contributed by atoms with Crippen molar-refractivity contribution in [1.82, 2.24) is 9.55 Å². The Kier molecular flexibility index (Phi) is 4.09. The first-order valence-corrected chi connectivity index (χ1v) is 7.60. The van der Waals surface area contributed by atoms with Gasteiger partial charge in [-0.2, -0.15) is 5.26 Å². The summed E-state index contributed by atoms with van der Waals surface area (Å²) in [5.74, 6) is 0.999. The third kappa shape index (κ3) is 2.94. The molecule has 0 atom stereocenters. The van der Waals surface area contributed by atoms with Crippen molar-refractivity contribution in [3.05, 3.63) is 57.5 Å². The van der Waals surface area contributed by atoms with Crippen LogP contribution in [0.4, 0.5) is 0 Å². The van der Waals surface area contributed by atoms with Crippen molar-refractivity contribution in [2.24, 2.45) is 0 Å². The second kappa shape index (κ2) is 6.19. The number of ether oxygens (including phenoxy) is 1. The molecule has 5 nitrogen and oxygen atoms in total. The highest BCUT2D eigenvalue weighted by atomic mass is 35.5. The van der Waals surface area contributed by atoms with Crippen LogP contribution in [-0.2, 0) is 6.54 Å². The number of aromatic amines is 1. The third-order valence-corrected chi connectivity index (χ3v) is 3.65. The summed E-state index contributed by atoms with van der Waals surface area (Å²) in [6, 6.07) is 12.3. The summed E-state index contributed by atoms with van der Waals surface area (Å²) in [5.41, 5.74) is 1.67. The molecule has 1 heterocycles. The molecule has 6 heteroatoms. The van der Waals surface area contributed by atoms with Crippen molar-refractivity contribution in [2.75, 3.05) is 0 Å². The summed E-state index contributed by atoms with van der Waals surface area (Å²) in [6.45, 7) is 2.60. The summed E-state index contributed by atoms with van der Waals surface area (Å²) >= 11 is 6.01. The Labute approximate surface area is 137 Å². The molecule has 0 spiro atoms. The van der Waals surface area contributed by atoms with E-state index in [2.05, 4.69) is 4.98 Å². The van der Waals surface area contributed by atoms with E-state index < -0.39 is 0 Å². The number of hydrogen-bond acceptors (Lipinski definition) is 3. The Morgan fingerprint density at radius 1 is 1.35 bits per heavy atom. The van der Waals surface area contributed by atoms with Crippen molar-refractivity contribution in [1.29, 1.82) is 5.26 Å². The molecule has 1 aromatic heterocycles. The number of nitriles is 1. The molecule has 2 aromatic carbocycles. The van der Waals surface area contributed by atoms with Crippen LogP contribution >= 0.6 is 11.6 Å². The molecule has 0 aliphatic rings. The van der Waals surface area contributed by atoms with Gasteiger partial charge in [-0.1, -0.05) is 24.6 Å². The molecule has 0 bridgehead atoms. The zero-order chi connectivity index (χ0) is 16.4. The summed E-state index contributed by atoms with van der Waals surface area (Å²) < 4.78 is 7.55. The molecule has 23 heavy (non-hydrogen) atoms. The first kappa shape index (κ1) is 15.2. The number of nitrogens with zero attached hydrogens (tertiary/aromatic N) is 2. The van der Waals surface area contributed by atoms with Crippen LogP contribution in [-0.4, -0.2) is 9.55 Å². The first-order valence-electron chi connectivity index (χ1n) is 7.22. The van der Waals surface area contributed by atoms with Gasteiger partial charge in [-0.15, -0.1) is 0 Å². The van der Waals surface area contributed by atoms with Gasteiger partial charge in [-0.3, -0.25) is 4.57 Å². The number of imidazole rings is 1. The van der Waals surface area contributed by atoms with E-state index in [0.29, 0.717) is 39.7 Å². The van der Waals surface area contributed by atoms with Crippen LogP contribution in [0.5, 0.6) is 11.5 Å². The second-order valence-corrected chi connectivity index (χ2v) is 5.56. The number of nitrogens with one attached hydrogen (secondary N) is 1. The van der Waals surface area contributed by atoms with E-state index in [9.17, 15) is 4.79 Å². The number of fused-ring (bicyclic) bond motifs is 1. The monoisotopic (exact) mass is 327 g/mol. The molecule has 0 saturated carbocycles. The van der Waals surface area contributed by atoms with E-state index in [1.165, 1.54) is 0 Å². The van der Waals surface area contributed by atoms with E-state index in [1.54, 1.807) is 34.9 Å². The molecule has 0 aliphatic heterocycles. The molecule has 3 rings (SSSR count). The number of aromatic nitrogens is 2. The Morgan fingerprint density at radius 3 is 2.91 bits per heavy atom. The number of benzene rings is 2. The topological polar surface area (TPSA) is 70.8 Å². The van der Waals surface area contributed by atoms with Crippen LogP contribution in [0, 0.1) is 11.3 Å². The predicted molar refractivity (Wildman–Crippen MR) is 89.1 cm³/mol. The van der Waals surface area contributed by atoms with Crippen LogP contribution in [0.3, 0.4) is 0 Å². The zero-order valence-electron chi connectivity index (χ0n) is 12.5. The highest BCUT2D eigenvalue weighted by molar-refractivity contribution is 6.30. The lowest BCUT2D eigenvalue weighted by molar-refractivity contribution is 0.483. The van der Waals surface area contributed by atoms with Crippen LogP contribution in [0.1, 0.15) is 18.9 Å². The minimum Gasteiger partial charge on any atom is -0.455 e. The van der Waals surface area contributed by atoms with Gasteiger partial charge in [-0.25, -0.2) is 4.79 Å². The van der Waals surface area contributed by atoms with Gasteiger partial charge in [0.25, 0.3) is 0 Å². The van der Waals surface area contributed by atoms with Crippen molar-refractivity contribution < 1.29 is 4.74 Å². The van der Waals surface area contributed by atoms with E-state index in [1.807, 2.05) is 19.1 Å². The average molecular weight is 328 g/mol. The molecule has 0 radical (unpaired) electrons. The molecule has 0 aliphatic carbocycles. The van der Waals surface area contributed by atoms with Crippen molar-refractivity contribution in [2.45, 2.75) is 19.9 Å². The maximum Gasteiger partial charge on any atom is 0.326 e. The SMILES string of the molecule is CCCn1c(=O)[nH]c2cccc(Oc3cc(Cl)cc(C#N)c3)c21. The predicted octanol–water partition coefficient (Wildman–Crippen LogP) is 4.06. The van der Waals surface area contributed by atoms with Crippen LogP contribution < -0.4 is 10.4 Å². The standard InChI is InChI=1S/C17H14ClN3O2/c1-2-6-21-16-14(20-17(21)22)4-3-5-15(16)23-13-8-11(10-19)7-12(18)9-13/h3-5,7-9H,2,6H2,1H3,(H,20,22). The summed E-state index contributed by atoms with van der Waals surface area (Å²) in [7, 11) is 0. The average Bonchev–Trinajstić information content (AvgIpc) is 2.84. The number of para-hydroxylation sites is 1. The zero-order valence-corrected chi connectivity index (χ0v) is 13.2. The first-order chi connectivity index (χ1) is 11.1. The van der Waals surface area contributed by atoms with Gasteiger partial charge in [0.2, 0.25) is 0 Å². The van der Waals surface area contributed by atoms with Crippen LogP contribution in [0.25, 0.3) is 11.0 Å². The molecular formula is C17H14ClN3O2. The Morgan fingerprint density at radius 2 is 2.17 bits per heavy atom. The fourth-order valence-corrected chi connectivity index (χ4v) is 2.74. The Bertz CT molecular complexity index is 966. The minimum absolute atomic E-state index is 0.165. The summed E-state index contributed by atoms with van der Waals surface area (Å²) in [4.78, 5) is 14.9. The van der Waals surface area contributed by atoms with E-state index in [4.69, 9.17) is 21.6 Å². The molecule has 0 unspecified atom stereocenters. The van der Waals surface area contributed by atoms with E-state index >= 15 is 0 Å². The van der Waals surface area contributed by atoms with Crippen LogP contribution in [0.15, 0.2) is 41.2 Å². The van der Waals surface area contributed by atoms with E-state index in [0.717, 1.165) is 6.42 Å². The lowest BCUT2D eigenvalue weighted by Crippen LogP contribution is -2.16. The lowest BCUT2D eigenvalue weighted by Gasteiger charge is -2.10. The molecule has 1 N–H and O–H groups in total. The summed E-state index contributed by atoms with van der Waals surface area (Å²) in [5, 5.41) is 9.45. The molecule has 116 valence electrons. The Balaban J connectivity index is 2.12. The molecule has 3 aromatic rings. The van der Waals surface area contributed by atoms with Crippen LogP contribution in [0.2, 0.25) is 5.02 Å². The maximum atomic E-state index is 12.1. The number of H-pyrrole nitrogens is 1. The van der Waals surface area contributed by atoms with Crippen molar-refractivity contribution in [3.63, 3.8) is 0 Å². The van der Waals surface area contributed by atoms with Gasteiger partial charge in [-0.05, 0) is 36.8 Å². The number of hydrogen-bond donors (Lipinski definition) is 1. The second-order valence-electron chi connectivity index (χ2n) is 5.12. The Hall–Kier alpha value is -2.71. The van der Waals surface area contributed by atoms with Gasteiger partial charge in [0.1, 0.15) is 11.3 Å². The van der Waals surface area contributed by atoms with E-state index in [-0.39, 0.29) is 5.69 Å². The molecule has 0 saturated heterocycles. The number of rotatable bonds is 4. The molecular weight excluding hydrogens is 314 g/mol. The van der Waals surface area contributed by atoms with Crippen molar-refractivity contribution in [3.8, 4) is 17.6 Å². The highest BCUT2D eigenvalue weighted by Crippen LogP contribution is 2.30. The number of aryl methyl sites for hydroxylation is 1. The van der Waals surface area contributed by atoms with Crippen molar-refractivity contribution >= 4 is 22.6 Å². The third-order valence-electron chi connectivity index (χ3n) is 3.43. The van der Waals surface area contributed by atoms with Gasteiger partial charge in [0.15, 0.2) is 5.75 Å². The summed E-state index contributed by atoms with van der Waals surface area (Å²) in [6.07, 6.45) is 0.830. The van der Waals surface area contributed by atoms with Gasteiger partial charge in [0.05, 0.1) is 17.1 Å². The lowest BCUT2D eigenvalue weighted by atomic mass is 10.2. The maximum absolute atomic E-state index is 12.1. The molecule has 0 amide bonds. The largest absolute Gasteiger partial charge is 0.455 e. The molecule has 0 fully saturated rings. The van der Waals surface area contributed by atoms with Gasteiger partial charge in [0, 0.05) is 11.6 Å². The fraction of sp³-hybridized carbons (Fsp3) is 0.176. The van der Waals surface area contributed by atoms with Gasteiger partial charge >= 0.3 is 5.69 Å². The normalized spacial score (nSPS) is 10.7. The highest BCUT2D eigenvalue weighted by Gasteiger charge is 2.12. The quantitative estimate of drug-likeness (QED) is 0.785. The van der Waals surface area contributed by atoms with Gasteiger partial charge < -0.3 is 9.72 Å².